The highest BCUT2D eigenvalue weighted by molar-refractivity contribution is 7.71. The van der Waals surface area contributed by atoms with E-state index in [4.69, 9.17) is 12.2 Å². The molecule has 4 heteroatoms. The van der Waals surface area contributed by atoms with E-state index in [1.807, 2.05) is 0 Å². The monoisotopic (exact) mass is 262 g/mol. The molecule has 1 heterocycles. The molecule has 5 rings (SSSR count). The molecular formula is C14H18N2OS. The number of hydrogen-bond donors (Lipinski definition) is 2. The van der Waals surface area contributed by atoms with E-state index < -0.39 is 0 Å². The van der Waals surface area contributed by atoms with Crippen LogP contribution in [0.15, 0.2) is 10.9 Å². The molecule has 18 heavy (non-hydrogen) atoms. The predicted molar refractivity (Wildman–Crippen MR) is 72.1 cm³/mol. The van der Waals surface area contributed by atoms with Gasteiger partial charge in [0.2, 0.25) is 0 Å². The standard InChI is InChI=1S/C14H18N2OS/c17-12-4-11(15-13(18)16-12)14-5-8-1-9(6-14)3-10(2-8)7-14/h4,8-10H,1-3,5-7H2,(H2,15,16,17,18). The first-order valence-electron chi connectivity index (χ1n) is 6.97. The summed E-state index contributed by atoms with van der Waals surface area (Å²) in [7, 11) is 0. The summed E-state index contributed by atoms with van der Waals surface area (Å²) < 4.78 is 0.480. The minimum atomic E-state index is -0.0514. The van der Waals surface area contributed by atoms with E-state index in [2.05, 4.69) is 9.97 Å². The number of nitrogens with one attached hydrogen (secondary N) is 2. The fourth-order valence-corrected chi connectivity index (χ4v) is 5.41. The van der Waals surface area contributed by atoms with Crippen molar-refractivity contribution >= 4 is 12.2 Å². The quantitative estimate of drug-likeness (QED) is 0.765. The SMILES string of the molecule is O=c1cc(C23CC4CC(CC(C4)C2)C3)[nH]c(=S)[nH]1. The second-order valence-electron chi connectivity index (χ2n) is 6.70. The molecule has 4 fully saturated rings. The van der Waals surface area contributed by atoms with Crippen molar-refractivity contribution in [2.75, 3.05) is 0 Å². The molecule has 0 atom stereocenters. The molecule has 0 aromatic carbocycles. The van der Waals surface area contributed by atoms with Gasteiger partial charge in [0.1, 0.15) is 0 Å². The molecule has 96 valence electrons. The third-order valence-electron chi connectivity index (χ3n) is 5.37. The summed E-state index contributed by atoms with van der Waals surface area (Å²) in [5.74, 6) is 2.66. The zero-order valence-electron chi connectivity index (χ0n) is 10.4. The number of rotatable bonds is 1. The number of H-pyrrole nitrogens is 2. The number of aromatic amines is 2. The van der Waals surface area contributed by atoms with Crippen molar-refractivity contribution in [1.29, 1.82) is 0 Å². The highest BCUT2D eigenvalue weighted by Gasteiger charge is 2.52. The Bertz CT molecular complexity index is 537. The van der Waals surface area contributed by atoms with Gasteiger partial charge in [-0.05, 0) is 68.5 Å². The third-order valence-corrected chi connectivity index (χ3v) is 5.57. The van der Waals surface area contributed by atoms with Crippen molar-refractivity contribution in [3.63, 3.8) is 0 Å². The van der Waals surface area contributed by atoms with Crippen LogP contribution in [0.1, 0.15) is 44.2 Å². The van der Waals surface area contributed by atoms with Crippen LogP contribution in [0.2, 0.25) is 0 Å². The maximum Gasteiger partial charge on any atom is 0.251 e. The lowest BCUT2D eigenvalue weighted by Crippen LogP contribution is -2.49. The summed E-state index contributed by atoms with van der Waals surface area (Å²) in [5, 5.41) is 0. The van der Waals surface area contributed by atoms with Gasteiger partial charge in [0, 0.05) is 17.2 Å². The lowest BCUT2D eigenvalue weighted by molar-refractivity contribution is -0.00736. The molecule has 4 aliphatic carbocycles. The molecule has 0 aliphatic heterocycles. The van der Waals surface area contributed by atoms with Gasteiger partial charge >= 0.3 is 0 Å². The van der Waals surface area contributed by atoms with Gasteiger partial charge in [-0.3, -0.25) is 9.78 Å². The molecule has 1 aromatic rings. The summed E-state index contributed by atoms with van der Waals surface area (Å²) >= 11 is 5.13. The second-order valence-corrected chi connectivity index (χ2v) is 7.11. The van der Waals surface area contributed by atoms with Gasteiger partial charge in [-0.15, -0.1) is 0 Å². The molecular weight excluding hydrogens is 244 g/mol. The Morgan fingerprint density at radius 1 is 1.06 bits per heavy atom. The molecule has 4 saturated carbocycles. The maximum atomic E-state index is 11.7. The van der Waals surface area contributed by atoms with E-state index in [1.165, 1.54) is 38.5 Å². The predicted octanol–water partition coefficient (Wildman–Crippen LogP) is 2.90. The van der Waals surface area contributed by atoms with Crippen molar-refractivity contribution in [1.82, 2.24) is 9.97 Å². The van der Waals surface area contributed by atoms with Gasteiger partial charge in [0.15, 0.2) is 4.77 Å². The zero-order valence-corrected chi connectivity index (χ0v) is 11.2. The van der Waals surface area contributed by atoms with Crippen LogP contribution >= 0.6 is 12.2 Å². The molecule has 0 spiro atoms. The van der Waals surface area contributed by atoms with E-state index in [1.54, 1.807) is 6.07 Å². The van der Waals surface area contributed by atoms with Crippen LogP contribution in [0.3, 0.4) is 0 Å². The first kappa shape index (κ1) is 11.0. The van der Waals surface area contributed by atoms with Crippen molar-refractivity contribution in [3.05, 3.63) is 26.9 Å². The second kappa shape index (κ2) is 3.56. The molecule has 0 unspecified atom stereocenters. The summed E-state index contributed by atoms with van der Waals surface area (Å²) in [6.07, 6.45) is 8.03. The lowest BCUT2D eigenvalue weighted by Gasteiger charge is -2.56. The highest BCUT2D eigenvalue weighted by atomic mass is 32.1. The van der Waals surface area contributed by atoms with Gasteiger partial charge in [0.05, 0.1) is 0 Å². The normalized spacial score (nSPS) is 41.2. The smallest absolute Gasteiger partial charge is 0.251 e. The molecule has 1 aromatic heterocycles. The van der Waals surface area contributed by atoms with Crippen LogP contribution in [0.4, 0.5) is 0 Å². The topological polar surface area (TPSA) is 48.6 Å². The minimum absolute atomic E-state index is 0.0514. The van der Waals surface area contributed by atoms with Crippen molar-refractivity contribution in [2.45, 2.75) is 43.9 Å². The Balaban J connectivity index is 1.83. The number of hydrogen-bond acceptors (Lipinski definition) is 2. The van der Waals surface area contributed by atoms with Crippen molar-refractivity contribution in [3.8, 4) is 0 Å². The Morgan fingerprint density at radius 3 is 2.11 bits per heavy atom. The van der Waals surface area contributed by atoms with E-state index in [0.29, 0.717) is 4.77 Å². The van der Waals surface area contributed by atoms with E-state index in [0.717, 1.165) is 23.4 Å². The Hall–Kier alpha value is -0.900. The fourth-order valence-electron chi connectivity index (χ4n) is 5.19. The average molecular weight is 262 g/mol. The molecule has 2 N–H and O–H groups in total. The first-order valence-corrected chi connectivity index (χ1v) is 7.38. The minimum Gasteiger partial charge on any atom is -0.335 e. The van der Waals surface area contributed by atoms with Crippen LogP contribution in [-0.2, 0) is 5.41 Å². The lowest BCUT2D eigenvalue weighted by atomic mass is 9.49. The van der Waals surface area contributed by atoms with Crippen molar-refractivity contribution in [2.24, 2.45) is 17.8 Å². The third kappa shape index (κ3) is 1.54. The summed E-state index contributed by atoms with van der Waals surface area (Å²) in [6, 6.07) is 1.75. The van der Waals surface area contributed by atoms with Gasteiger partial charge in [-0.1, -0.05) is 0 Å². The van der Waals surface area contributed by atoms with Crippen LogP contribution in [0.25, 0.3) is 0 Å². The molecule has 0 saturated heterocycles. The molecule has 4 aliphatic rings. The highest BCUT2D eigenvalue weighted by Crippen LogP contribution is 2.60. The van der Waals surface area contributed by atoms with E-state index >= 15 is 0 Å². The Kier molecular flexibility index (Phi) is 2.17. The maximum absolute atomic E-state index is 11.7. The molecule has 0 amide bonds. The van der Waals surface area contributed by atoms with Gasteiger partial charge in [0.25, 0.3) is 5.56 Å². The van der Waals surface area contributed by atoms with Crippen molar-refractivity contribution < 1.29 is 0 Å². The van der Waals surface area contributed by atoms with Crippen LogP contribution in [0, 0.1) is 22.5 Å². The fraction of sp³-hybridized carbons (Fsp3) is 0.714. The average Bonchev–Trinajstić information content (AvgIpc) is 2.25. The van der Waals surface area contributed by atoms with Crippen LogP contribution in [0.5, 0.6) is 0 Å². The molecule has 4 bridgehead atoms. The van der Waals surface area contributed by atoms with E-state index in [9.17, 15) is 4.79 Å². The first-order chi connectivity index (χ1) is 8.63. The summed E-state index contributed by atoms with van der Waals surface area (Å²) in [5.41, 5.74) is 1.29. The molecule has 0 radical (unpaired) electrons. The largest absolute Gasteiger partial charge is 0.335 e. The summed E-state index contributed by atoms with van der Waals surface area (Å²) in [6.45, 7) is 0. The number of aromatic nitrogens is 2. The van der Waals surface area contributed by atoms with Crippen LogP contribution < -0.4 is 5.56 Å². The Labute approximate surface area is 111 Å². The molecule has 3 nitrogen and oxygen atoms in total. The zero-order chi connectivity index (χ0) is 12.3. The van der Waals surface area contributed by atoms with Gasteiger partial charge in [-0.25, -0.2) is 0 Å². The van der Waals surface area contributed by atoms with E-state index in [-0.39, 0.29) is 11.0 Å². The van der Waals surface area contributed by atoms with Gasteiger partial charge < -0.3 is 4.98 Å². The summed E-state index contributed by atoms with van der Waals surface area (Å²) in [4.78, 5) is 17.6. The Morgan fingerprint density at radius 2 is 1.61 bits per heavy atom. The van der Waals surface area contributed by atoms with Gasteiger partial charge in [-0.2, -0.15) is 0 Å². The van der Waals surface area contributed by atoms with Crippen LogP contribution in [-0.4, -0.2) is 9.97 Å².